The first-order valence-electron chi connectivity index (χ1n) is 8.41. The number of imide groups is 1. The van der Waals surface area contributed by atoms with E-state index in [2.05, 4.69) is 20.8 Å². The lowest BCUT2D eigenvalue weighted by atomic mass is 10.3. The first kappa shape index (κ1) is 18.2. The number of rotatable bonds is 7. The number of methoxy groups -OCH3 is 1. The van der Waals surface area contributed by atoms with Crippen LogP contribution in [0.5, 0.6) is 5.75 Å². The summed E-state index contributed by atoms with van der Waals surface area (Å²) in [5, 5.41) is 14.0. The lowest BCUT2D eigenvalue weighted by molar-refractivity contribution is -0.117. The molecular formula is C17H21N5O3S. The Bertz CT molecular complexity index is 786. The maximum Gasteiger partial charge on any atom is 0.325 e. The van der Waals surface area contributed by atoms with Crippen molar-refractivity contribution in [1.29, 1.82) is 0 Å². The van der Waals surface area contributed by atoms with Crippen molar-refractivity contribution < 1.29 is 14.3 Å². The molecule has 1 heterocycles. The zero-order chi connectivity index (χ0) is 18.5. The lowest BCUT2D eigenvalue weighted by Gasteiger charge is -2.08. The molecule has 0 spiro atoms. The third-order valence-electron chi connectivity index (χ3n) is 3.94. The summed E-state index contributed by atoms with van der Waals surface area (Å²) in [4.78, 5) is 23.9. The van der Waals surface area contributed by atoms with E-state index in [9.17, 15) is 9.59 Å². The van der Waals surface area contributed by atoms with E-state index in [1.807, 2.05) is 11.5 Å². The molecular weight excluding hydrogens is 354 g/mol. The molecule has 1 aliphatic rings. The molecule has 26 heavy (non-hydrogen) atoms. The second-order valence-electron chi connectivity index (χ2n) is 5.88. The summed E-state index contributed by atoms with van der Waals surface area (Å²) in [5.74, 6) is 1.89. The lowest BCUT2D eigenvalue weighted by Crippen LogP contribution is -2.35. The van der Waals surface area contributed by atoms with Crippen molar-refractivity contribution in [2.45, 2.75) is 37.4 Å². The summed E-state index contributed by atoms with van der Waals surface area (Å²) in [7, 11) is 1.57. The molecule has 2 aromatic rings. The normalized spacial score (nSPS) is 13.3. The zero-order valence-electron chi connectivity index (χ0n) is 14.7. The molecule has 0 atom stereocenters. The van der Waals surface area contributed by atoms with Crippen LogP contribution in [0.2, 0.25) is 0 Å². The third kappa shape index (κ3) is 4.54. The number of hydrogen-bond donors (Lipinski definition) is 2. The fraction of sp³-hybridized carbons (Fsp3) is 0.412. The fourth-order valence-corrected chi connectivity index (χ4v) is 3.29. The van der Waals surface area contributed by atoms with Gasteiger partial charge in [-0.2, -0.15) is 0 Å². The number of nitrogens with one attached hydrogen (secondary N) is 2. The molecule has 1 aromatic carbocycles. The van der Waals surface area contributed by atoms with Gasteiger partial charge in [0, 0.05) is 18.2 Å². The van der Waals surface area contributed by atoms with E-state index in [0.717, 1.165) is 25.2 Å². The van der Waals surface area contributed by atoms with Crippen molar-refractivity contribution in [3.8, 4) is 5.75 Å². The largest absolute Gasteiger partial charge is 0.497 e. The average molecular weight is 375 g/mol. The predicted molar refractivity (Wildman–Crippen MR) is 98.6 cm³/mol. The monoisotopic (exact) mass is 375 g/mol. The van der Waals surface area contributed by atoms with E-state index in [-0.39, 0.29) is 11.7 Å². The summed E-state index contributed by atoms with van der Waals surface area (Å²) in [6.07, 6.45) is 2.30. The Morgan fingerprint density at radius 1 is 1.27 bits per heavy atom. The van der Waals surface area contributed by atoms with Crippen molar-refractivity contribution in [2.24, 2.45) is 0 Å². The summed E-state index contributed by atoms with van der Waals surface area (Å²) in [5.41, 5.74) is 0.573. The Balaban J connectivity index is 1.48. The van der Waals surface area contributed by atoms with Crippen LogP contribution in [0.3, 0.4) is 0 Å². The zero-order valence-corrected chi connectivity index (χ0v) is 15.5. The minimum Gasteiger partial charge on any atom is -0.497 e. The quantitative estimate of drug-likeness (QED) is 0.722. The molecule has 0 bridgehead atoms. The Kier molecular flexibility index (Phi) is 5.77. The van der Waals surface area contributed by atoms with E-state index in [0.29, 0.717) is 22.5 Å². The van der Waals surface area contributed by atoms with Crippen molar-refractivity contribution in [3.05, 3.63) is 30.1 Å². The topological polar surface area (TPSA) is 98.1 Å². The van der Waals surface area contributed by atoms with Crippen LogP contribution in [0, 0.1) is 0 Å². The second-order valence-corrected chi connectivity index (χ2v) is 6.82. The number of hydrogen-bond acceptors (Lipinski definition) is 6. The van der Waals surface area contributed by atoms with Crippen LogP contribution in [0.15, 0.2) is 29.4 Å². The van der Waals surface area contributed by atoms with Gasteiger partial charge in [-0.05, 0) is 44.0 Å². The maximum atomic E-state index is 12.0. The Morgan fingerprint density at radius 2 is 2.00 bits per heavy atom. The molecule has 3 amide bonds. The molecule has 2 N–H and O–H groups in total. The standard InChI is InChI=1S/C17H21N5O3S/c1-3-22-15(11-4-5-11)20-21-17(22)26-10-14(23)19-16(24)18-12-6-8-13(25-2)9-7-12/h6-9,11H,3-5,10H2,1-2H3,(H2,18,19,23,24). The predicted octanol–water partition coefficient (Wildman–Crippen LogP) is 2.62. The number of carbonyl (C=O) groups excluding carboxylic acids is 2. The Labute approximate surface area is 155 Å². The van der Waals surface area contributed by atoms with E-state index in [1.54, 1.807) is 31.4 Å². The van der Waals surface area contributed by atoms with Gasteiger partial charge in [-0.15, -0.1) is 10.2 Å². The van der Waals surface area contributed by atoms with Gasteiger partial charge in [-0.3, -0.25) is 10.1 Å². The molecule has 1 aliphatic carbocycles. The number of anilines is 1. The molecule has 138 valence electrons. The minimum atomic E-state index is -0.573. The van der Waals surface area contributed by atoms with Crippen LogP contribution in [0.1, 0.15) is 31.5 Å². The highest BCUT2D eigenvalue weighted by Crippen LogP contribution is 2.39. The number of nitrogens with zero attached hydrogens (tertiary/aromatic N) is 3. The van der Waals surface area contributed by atoms with Crippen LogP contribution in [-0.2, 0) is 11.3 Å². The number of ether oxygens (including phenoxy) is 1. The van der Waals surface area contributed by atoms with E-state index < -0.39 is 6.03 Å². The second kappa shape index (κ2) is 8.22. The van der Waals surface area contributed by atoms with Crippen molar-refractivity contribution >= 4 is 29.4 Å². The van der Waals surface area contributed by atoms with Crippen LogP contribution in [-0.4, -0.2) is 39.6 Å². The number of aromatic nitrogens is 3. The van der Waals surface area contributed by atoms with Crippen LogP contribution in [0.4, 0.5) is 10.5 Å². The van der Waals surface area contributed by atoms with Crippen molar-refractivity contribution in [3.63, 3.8) is 0 Å². The highest BCUT2D eigenvalue weighted by atomic mass is 32.2. The SMILES string of the molecule is CCn1c(SCC(=O)NC(=O)Nc2ccc(OC)cc2)nnc1C1CC1. The Hall–Kier alpha value is -2.55. The molecule has 0 unspecified atom stereocenters. The number of benzene rings is 1. The van der Waals surface area contributed by atoms with Crippen LogP contribution < -0.4 is 15.4 Å². The molecule has 9 heteroatoms. The van der Waals surface area contributed by atoms with Crippen molar-refractivity contribution in [2.75, 3.05) is 18.2 Å². The molecule has 1 aromatic heterocycles. The van der Waals surface area contributed by atoms with Gasteiger partial charge in [0.15, 0.2) is 5.16 Å². The molecule has 8 nitrogen and oxygen atoms in total. The van der Waals surface area contributed by atoms with Crippen LogP contribution in [0.25, 0.3) is 0 Å². The van der Waals surface area contributed by atoms with Gasteiger partial charge in [0.05, 0.1) is 12.9 Å². The van der Waals surface area contributed by atoms with Gasteiger partial charge in [-0.25, -0.2) is 4.79 Å². The van der Waals surface area contributed by atoms with Gasteiger partial charge in [0.2, 0.25) is 5.91 Å². The van der Waals surface area contributed by atoms with Crippen molar-refractivity contribution in [1.82, 2.24) is 20.1 Å². The van der Waals surface area contributed by atoms with Gasteiger partial charge in [-0.1, -0.05) is 11.8 Å². The fourth-order valence-electron chi connectivity index (χ4n) is 2.48. The number of amides is 3. The molecule has 1 saturated carbocycles. The third-order valence-corrected chi connectivity index (χ3v) is 4.90. The maximum absolute atomic E-state index is 12.0. The van der Waals surface area contributed by atoms with Gasteiger partial charge in [0.25, 0.3) is 0 Å². The van der Waals surface area contributed by atoms with E-state index >= 15 is 0 Å². The summed E-state index contributed by atoms with van der Waals surface area (Å²) >= 11 is 1.28. The highest BCUT2D eigenvalue weighted by molar-refractivity contribution is 7.99. The first-order chi connectivity index (χ1) is 12.6. The minimum absolute atomic E-state index is 0.0961. The summed E-state index contributed by atoms with van der Waals surface area (Å²) in [6.45, 7) is 2.79. The number of urea groups is 1. The Morgan fingerprint density at radius 3 is 2.62 bits per heavy atom. The molecule has 3 rings (SSSR count). The van der Waals surface area contributed by atoms with Gasteiger partial charge >= 0.3 is 6.03 Å². The molecule has 0 saturated heterocycles. The molecule has 0 radical (unpaired) electrons. The van der Waals surface area contributed by atoms with Crippen LogP contribution >= 0.6 is 11.8 Å². The summed E-state index contributed by atoms with van der Waals surface area (Å²) < 4.78 is 7.09. The van der Waals surface area contributed by atoms with E-state index in [4.69, 9.17) is 4.74 Å². The summed E-state index contributed by atoms with van der Waals surface area (Å²) in [6, 6.07) is 6.27. The molecule has 1 fully saturated rings. The first-order valence-corrected chi connectivity index (χ1v) is 9.40. The number of thioether (sulfide) groups is 1. The van der Waals surface area contributed by atoms with E-state index in [1.165, 1.54) is 11.8 Å². The smallest absolute Gasteiger partial charge is 0.325 e. The highest BCUT2D eigenvalue weighted by Gasteiger charge is 2.30. The van der Waals surface area contributed by atoms with Gasteiger partial charge < -0.3 is 14.6 Å². The van der Waals surface area contributed by atoms with Gasteiger partial charge in [0.1, 0.15) is 11.6 Å². The molecule has 0 aliphatic heterocycles. The average Bonchev–Trinajstić information content (AvgIpc) is 3.40. The number of carbonyl (C=O) groups is 2.